The molecule has 1 amide bonds. The molecule has 31 heavy (non-hydrogen) atoms. The van der Waals surface area contributed by atoms with Crippen molar-refractivity contribution in [3.63, 3.8) is 0 Å². The summed E-state index contributed by atoms with van der Waals surface area (Å²) in [7, 11) is 0. The molecule has 0 radical (unpaired) electrons. The van der Waals surface area contributed by atoms with Crippen molar-refractivity contribution in [2.75, 3.05) is 17.7 Å². The van der Waals surface area contributed by atoms with E-state index in [2.05, 4.69) is 15.5 Å². The van der Waals surface area contributed by atoms with Crippen LogP contribution < -0.4 is 5.32 Å². The number of amides is 1. The zero-order valence-electron chi connectivity index (χ0n) is 17.1. The van der Waals surface area contributed by atoms with Crippen LogP contribution >= 0.6 is 23.1 Å². The highest BCUT2D eigenvalue weighted by Gasteiger charge is 2.31. The van der Waals surface area contributed by atoms with Gasteiger partial charge in [0, 0.05) is 6.04 Å². The fourth-order valence-electron chi connectivity index (χ4n) is 3.11. The van der Waals surface area contributed by atoms with Crippen LogP contribution in [-0.4, -0.2) is 39.0 Å². The number of nitrogens with one attached hydrogen (secondary N) is 1. The maximum atomic E-state index is 14.3. The van der Waals surface area contributed by atoms with Crippen molar-refractivity contribution < 1.29 is 18.7 Å². The average Bonchev–Trinajstić information content (AvgIpc) is 3.39. The Balaban J connectivity index is 1.44. The van der Waals surface area contributed by atoms with E-state index in [4.69, 9.17) is 4.74 Å². The SMILES string of the molecule is CCOC(=O)c1sc(NC(=O)CSc2nnc(-c3ccccc3F)n2C2CC2)cc1C. The van der Waals surface area contributed by atoms with Gasteiger partial charge in [-0.2, -0.15) is 0 Å². The van der Waals surface area contributed by atoms with Gasteiger partial charge in [0.05, 0.1) is 22.9 Å². The minimum atomic E-state index is -0.391. The van der Waals surface area contributed by atoms with Gasteiger partial charge in [-0.1, -0.05) is 23.9 Å². The smallest absolute Gasteiger partial charge is 0.348 e. The summed E-state index contributed by atoms with van der Waals surface area (Å²) in [5.41, 5.74) is 1.16. The number of aryl methyl sites for hydroxylation is 1. The number of carbonyl (C=O) groups is 2. The average molecular weight is 461 g/mol. The monoisotopic (exact) mass is 460 g/mol. The minimum absolute atomic E-state index is 0.119. The van der Waals surface area contributed by atoms with Crippen molar-refractivity contribution in [2.45, 2.75) is 37.9 Å². The molecule has 0 saturated heterocycles. The van der Waals surface area contributed by atoms with E-state index in [1.54, 1.807) is 38.1 Å². The lowest BCUT2D eigenvalue weighted by Crippen LogP contribution is -2.13. The summed E-state index contributed by atoms with van der Waals surface area (Å²) < 4.78 is 21.2. The van der Waals surface area contributed by atoms with Crippen LogP contribution in [0.5, 0.6) is 0 Å². The Morgan fingerprint density at radius 3 is 2.81 bits per heavy atom. The second-order valence-corrected chi connectivity index (χ2v) is 9.06. The summed E-state index contributed by atoms with van der Waals surface area (Å²) in [5.74, 6) is -0.362. The predicted octanol–water partition coefficient (Wildman–Crippen LogP) is 4.70. The minimum Gasteiger partial charge on any atom is -0.462 e. The van der Waals surface area contributed by atoms with E-state index in [0.717, 1.165) is 18.4 Å². The number of hydrogen-bond donors (Lipinski definition) is 1. The number of anilines is 1. The molecule has 0 spiro atoms. The number of thiophene rings is 1. The summed E-state index contributed by atoms with van der Waals surface area (Å²) >= 11 is 2.45. The standard InChI is InChI=1S/C21H21FN4O3S2/c1-3-29-20(28)18-12(2)10-17(31-18)23-16(27)11-30-21-25-24-19(26(21)13-8-9-13)14-6-4-5-7-15(14)22/h4-7,10,13H,3,8-9,11H2,1-2H3,(H,23,27). The second-order valence-electron chi connectivity index (χ2n) is 7.07. The third-order valence-corrected chi connectivity index (χ3v) is 6.74. The topological polar surface area (TPSA) is 86.1 Å². The van der Waals surface area contributed by atoms with Crippen molar-refractivity contribution in [1.29, 1.82) is 0 Å². The summed E-state index contributed by atoms with van der Waals surface area (Å²) in [6.07, 6.45) is 1.95. The molecule has 0 aliphatic heterocycles. The molecule has 2 heterocycles. The van der Waals surface area contributed by atoms with Gasteiger partial charge in [0.25, 0.3) is 0 Å². The summed E-state index contributed by atoms with van der Waals surface area (Å²) in [6.45, 7) is 3.85. The molecule has 1 aliphatic carbocycles. The number of ether oxygens (including phenoxy) is 1. The Kier molecular flexibility index (Phi) is 6.38. The number of carbonyl (C=O) groups excluding carboxylic acids is 2. The number of thioether (sulfide) groups is 1. The third-order valence-electron chi connectivity index (χ3n) is 4.66. The lowest BCUT2D eigenvalue weighted by molar-refractivity contribution is -0.113. The van der Waals surface area contributed by atoms with Crippen LogP contribution in [0.4, 0.5) is 9.39 Å². The molecule has 162 valence electrons. The first-order chi connectivity index (χ1) is 15.0. The summed E-state index contributed by atoms with van der Waals surface area (Å²) in [4.78, 5) is 24.9. The summed E-state index contributed by atoms with van der Waals surface area (Å²) in [5, 5.41) is 12.4. The van der Waals surface area contributed by atoms with Crippen molar-refractivity contribution in [1.82, 2.24) is 14.8 Å². The van der Waals surface area contributed by atoms with E-state index in [1.807, 2.05) is 4.57 Å². The van der Waals surface area contributed by atoms with Crippen molar-refractivity contribution in [3.8, 4) is 11.4 Å². The van der Waals surface area contributed by atoms with Gasteiger partial charge in [0.2, 0.25) is 5.91 Å². The van der Waals surface area contributed by atoms with Gasteiger partial charge >= 0.3 is 5.97 Å². The molecule has 3 aromatic rings. The fraction of sp³-hybridized carbons (Fsp3) is 0.333. The number of nitrogens with zero attached hydrogens (tertiary/aromatic N) is 3. The summed E-state index contributed by atoms with van der Waals surface area (Å²) in [6, 6.07) is 8.45. The molecule has 0 unspecified atom stereocenters. The van der Waals surface area contributed by atoms with Gasteiger partial charge in [-0.15, -0.1) is 21.5 Å². The molecule has 0 bridgehead atoms. The molecule has 1 N–H and O–H groups in total. The van der Waals surface area contributed by atoms with Crippen LogP contribution in [0.1, 0.15) is 41.0 Å². The number of rotatable bonds is 8. The van der Waals surface area contributed by atoms with Crippen LogP contribution in [0, 0.1) is 12.7 Å². The molecule has 1 aliphatic rings. The zero-order valence-corrected chi connectivity index (χ0v) is 18.7. The number of benzene rings is 1. The molecule has 10 heteroatoms. The van der Waals surface area contributed by atoms with Crippen LogP contribution in [0.25, 0.3) is 11.4 Å². The first kappa shape index (κ1) is 21.5. The Hall–Kier alpha value is -2.72. The van der Waals surface area contributed by atoms with Crippen molar-refractivity contribution in [2.24, 2.45) is 0 Å². The Labute approximate surface area is 187 Å². The highest BCUT2D eigenvalue weighted by atomic mass is 32.2. The Morgan fingerprint density at radius 2 is 2.10 bits per heavy atom. The van der Waals surface area contributed by atoms with E-state index in [1.165, 1.54) is 29.2 Å². The third kappa shape index (κ3) is 4.80. The molecular formula is C21H21FN4O3S2. The van der Waals surface area contributed by atoms with E-state index in [0.29, 0.717) is 33.0 Å². The molecule has 4 rings (SSSR count). The fourth-order valence-corrected chi connectivity index (χ4v) is 4.90. The molecule has 7 nitrogen and oxygen atoms in total. The van der Waals surface area contributed by atoms with E-state index >= 15 is 0 Å². The number of halogens is 1. The van der Waals surface area contributed by atoms with Crippen LogP contribution in [0.15, 0.2) is 35.5 Å². The number of hydrogen-bond acceptors (Lipinski definition) is 7. The zero-order chi connectivity index (χ0) is 22.0. The quantitative estimate of drug-likeness (QED) is 0.387. The van der Waals surface area contributed by atoms with E-state index in [9.17, 15) is 14.0 Å². The van der Waals surface area contributed by atoms with Crippen molar-refractivity contribution >= 4 is 40.0 Å². The molecule has 1 aromatic carbocycles. The highest BCUT2D eigenvalue weighted by Crippen LogP contribution is 2.41. The van der Waals surface area contributed by atoms with Gasteiger partial charge in [0.15, 0.2) is 11.0 Å². The van der Waals surface area contributed by atoms with Gasteiger partial charge < -0.3 is 10.1 Å². The molecular weight excluding hydrogens is 439 g/mol. The Bertz CT molecular complexity index is 1120. The largest absolute Gasteiger partial charge is 0.462 e. The van der Waals surface area contributed by atoms with Gasteiger partial charge in [0.1, 0.15) is 10.7 Å². The highest BCUT2D eigenvalue weighted by molar-refractivity contribution is 7.99. The lowest BCUT2D eigenvalue weighted by Gasteiger charge is -2.09. The normalized spacial score (nSPS) is 13.3. The van der Waals surface area contributed by atoms with Gasteiger partial charge in [-0.25, -0.2) is 9.18 Å². The van der Waals surface area contributed by atoms with Crippen LogP contribution in [0.2, 0.25) is 0 Å². The van der Waals surface area contributed by atoms with Crippen molar-refractivity contribution in [3.05, 3.63) is 46.6 Å². The molecule has 1 saturated carbocycles. The molecule has 0 atom stereocenters. The predicted molar refractivity (Wildman–Crippen MR) is 118 cm³/mol. The van der Waals surface area contributed by atoms with Crippen LogP contribution in [-0.2, 0) is 9.53 Å². The number of aromatic nitrogens is 3. The van der Waals surface area contributed by atoms with E-state index in [-0.39, 0.29) is 23.5 Å². The van der Waals surface area contributed by atoms with Gasteiger partial charge in [-0.3, -0.25) is 9.36 Å². The number of esters is 1. The van der Waals surface area contributed by atoms with Crippen LogP contribution in [0.3, 0.4) is 0 Å². The maximum Gasteiger partial charge on any atom is 0.348 e. The first-order valence-electron chi connectivity index (χ1n) is 9.88. The van der Waals surface area contributed by atoms with E-state index < -0.39 is 5.97 Å². The first-order valence-corrected chi connectivity index (χ1v) is 11.7. The Morgan fingerprint density at radius 1 is 1.32 bits per heavy atom. The molecule has 2 aromatic heterocycles. The second kappa shape index (κ2) is 9.19. The molecule has 1 fully saturated rings. The lowest BCUT2D eigenvalue weighted by atomic mass is 10.2. The maximum absolute atomic E-state index is 14.3. The van der Waals surface area contributed by atoms with Gasteiger partial charge in [-0.05, 0) is 50.5 Å².